The van der Waals surface area contributed by atoms with Crippen molar-refractivity contribution in [2.75, 3.05) is 7.11 Å². The van der Waals surface area contributed by atoms with Crippen LogP contribution in [0.3, 0.4) is 0 Å². The van der Waals surface area contributed by atoms with Crippen molar-refractivity contribution in [1.29, 1.82) is 0 Å². The molecule has 1 aromatic carbocycles. The molecule has 1 unspecified atom stereocenters. The molecule has 1 heterocycles. The highest BCUT2D eigenvalue weighted by atomic mass is 16.5. The smallest absolute Gasteiger partial charge is 0.337 e. The van der Waals surface area contributed by atoms with E-state index in [0.29, 0.717) is 17.6 Å². The van der Waals surface area contributed by atoms with E-state index in [2.05, 4.69) is 4.98 Å². The maximum absolute atomic E-state index is 11.8. The highest BCUT2D eigenvalue weighted by Crippen LogP contribution is 2.16. The van der Waals surface area contributed by atoms with Crippen LogP contribution in [0.15, 0.2) is 23.0 Å². The number of nitrogens with zero attached hydrogens (tertiary/aromatic N) is 1. The monoisotopic (exact) mass is 250 g/mol. The molecule has 6 heteroatoms. The van der Waals surface area contributed by atoms with E-state index >= 15 is 0 Å². The van der Waals surface area contributed by atoms with Crippen LogP contribution in [0.4, 0.5) is 0 Å². The number of benzene rings is 1. The first kappa shape index (κ1) is 12.4. The maximum Gasteiger partial charge on any atom is 0.337 e. The predicted octanol–water partition coefficient (Wildman–Crippen LogP) is 1.06. The molecule has 0 aliphatic carbocycles. The number of fused-ring (bicyclic) bond motifs is 1. The number of carboxylic acids is 1. The first-order valence-electron chi connectivity index (χ1n) is 5.52. The number of imidazole rings is 1. The number of methoxy groups -OCH3 is 1. The van der Waals surface area contributed by atoms with Gasteiger partial charge in [-0.25, -0.2) is 9.59 Å². The largest absolute Gasteiger partial charge is 0.478 e. The Balaban J connectivity index is 2.62. The first-order valence-corrected chi connectivity index (χ1v) is 5.52. The van der Waals surface area contributed by atoms with Gasteiger partial charge in [-0.05, 0) is 19.1 Å². The molecule has 0 bridgehead atoms. The molecule has 0 saturated carbocycles. The quantitative estimate of drug-likeness (QED) is 0.849. The second kappa shape index (κ2) is 4.66. The maximum atomic E-state index is 11.8. The van der Waals surface area contributed by atoms with Gasteiger partial charge >= 0.3 is 11.7 Å². The summed E-state index contributed by atoms with van der Waals surface area (Å²) < 4.78 is 6.60. The van der Waals surface area contributed by atoms with Crippen molar-refractivity contribution >= 4 is 17.0 Å². The van der Waals surface area contributed by atoms with Crippen molar-refractivity contribution in [2.24, 2.45) is 0 Å². The molecule has 0 aliphatic rings. The number of carboxylic acid groups (broad SMARTS) is 1. The average Bonchev–Trinajstić information content (AvgIpc) is 2.65. The zero-order chi connectivity index (χ0) is 13.3. The van der Waals surface area contributed by atoms with Crippen LogP contribution in [0.1, 0.15) is 17.3 Å². The Labute approximate surface area is 103 Å². The number of rotatable bonds is 4. The molecule has 2 rings (SSSR count). The molecule has 0 aliphatic heterocycles. The SMILES string of the molecule is COC(C)Cn1c(=O)[nH]c2c(C(=O)O)cccc21. The van der Waals surface area contributed by atoms with E-state index in [1.807, 2.05) is 6.92 Å². The van der Waals surface area contributed by atoms with Crippen LogP contribution in [-0.2, 0) is 11.3 Å². The van der Waals surface area contributed by atoms with Gasteiger partial charge in [0.25, 0.3) is 0 Å². The number of H-pyrrole nitrogens is 1. The van der Waals surface area contributed by atoms with E-state index in [1.165, 1.54) is 10.6 Å². The van der Waals surface area contributed by atoms with Gasteiger partial charge in [-0.1, -0.05) is 6.07 Å². The van der Waals surface area contributed by atoms with E-state index in [1.54, 1.807) is 19.2 Å². The van der Waals surface area contributed by atoms with Crippen molar-refractivity contribution in [3.05, 3.63) is 34.2 Å². The first-order chi connectivity index (χ1) is 8.54. The fourth-order valence-electron chi connectivity index (χ4n) is 1.87. The number of ether oxygens (including phenoxy) is 1. The minimum atomic E-state index is -1.06. The Kier molecular flexibility index (Phi) is 3.20. The van der Waals surface area contributed by atoms with Crippen molar-refractivity contribution in [1.82, 2.24) is 9.55 Å². The molecule has 0 amide bonds. The molecule has 6 nitrogen and oxygen atoms in total. The summed E-state index contributed by atoms with van der Waals surface area (Å²) in [5, 5.41) is 9.06. The minimum Gasteiger partial charge on any atom is -0.478 e. The Morgan fingerprint density at radius 3 is 2.89 bits per heavy atom. The van der Waals surface area contributed by atoms with Crippen LogP contribution >= 0.6 is 0 Å². The number of hydrogen-bond donors (Lipinski definition) is 2. The summed E-state index contributed by atoms with van der Waals surface area (Å²) in [6.45, 7) is 2.21. The summed E-state index contributed by atoms with van der Waals surface area (Å²) in [5.41, 5.74) is 0.679. The van der Waals surface area contributed by atoms with Gasteiger partial charge in [-0.15, -0.1) is 0 Å². The number of aromatic nitrogens is 2. The number of hydrogen-bond acceptors (Lipinski definition) is 3. The summed E-state index contributed by atoms with van der Waals surface area (Å²) in [4.78, 5) is 25.5. The van der Waals surface area contributed by atoms with Crippen LogP contribution in [-0.4, -0.2) is 33.8 Å². The number of para-hydroxylation sites is 1. The van der Waals surface area contributed by atoms with E-state index in [-0.39, 0.29) is 17.4 Å². The van der Waals surface area contributed by atoms with Gasteiger partial charge < -0.3 is 14.8 Å². The van der Waals surface area contributed by atoms with Crippen LogP contribution in [0.5, 0.6) is 0 Å². The zero-order valence-corrected chi connectivity index (χ0v) is 10.1. The Morgan fingerprint density at radius 1 is 1.56 bits per heavy atom. The number of nitrogens with one attached hydrogen (secondary N) is 1. The lowest BCUT2D eigenvalue weighted by Gasteiger charge is -2.10. The molecule has 0 spiro atoms. The molecule has 96 valence electrons. The third-order valence-electron chi connectivity index (χ3n) is 2.88. The number of carbonyl (C=O) groups is 1. The molecule has 1 aromatic heterocycles. The van der Waals surface area contributed by atoms with Crippen molar-refractivity contribution in [3.63, 3.8) is 0 Å². The van der Waals surface area contributed by atoms with Crippen LogP contribution in [0, 0.1) is 0 Å². The average molecular weight is 250 g/mol. The zero-order valence-electron chi connectivity index (χ0n) is 10.1. The summed E-state index contributed by atoms with van der Waals surface area (Å²) >= 11 is 0. The molecular formula is C12H14N2O4. The molecule has 1 atom stereocenters. The van der Waals surface area contributed by atoms with Crippen molar-refractivity contribution in [3.8, 4) is 0 Å². The highest BCUT2D eigenvalue weighted by molar-refractivity contribution is 6.00. The lowest BCUT2D eigenvalue weighted by atomic mass is 10.2. The van der Waals surface area contributed by atoms with E-state index in [0.717, 1.165) is 0 Å². The fourth-order valence-corrected chi connectivity index (χ4v) is 1.87. The summed E-state index contributed by atoms with van der Waals surface area (Å²) in [6, 6.07) is 4.79. The Bertz CT molecular complexity index is 641. The lowest BCUT2D eigenvalue weighted by molar-refractivity contribution is 0.0699. The van der Waals surface area contributed by atoms with Crippen molar-refractivity contribution in [2.45, 2.75) is 19.6 Å². The number of aromatic amines is 1. The molecule has 2 N–H and O–H groups in total. The van der Waals surface area contributed by atoms with E-state index in [9.17, 15) is 9.59 Å². The van der Waals surface area contributed by atoms with Gasteiger partial charge in [-0.3, -0.25) is 4.57 Å². The minimum absolute atomic E-state index is 0.0911. The van der Waals surface area contributed by atoms with Gasteiger partial charge in [0.1, 0.15) is 0 Å². The van der Waals surface area contributed by atoms with Crippen molar-refractivity contribution < 1.29 is 14.6 Å². The lowest BCUT2D eigenvalue weighted by Crippen LogP contribution is -2.23. The fraction of sp³-hybridized carbons (Fsp3) is 0.333. The molecule has 0 fully saturated rings. The molecule has 18 heavy (non-hydrogen) atoms. The summed E-state index contributed by atoms with van der Waals surface area (Å²) in [7, 11) is 1.56. The third kappa shape index (κ3) is 2.02. The summed E-state index contributed by atoms with van der Waals surface area (Å²) in [5.74, 6) is -1.06. The summed E-state index contributed by atoms with van der Waals surface area (Å²) in [6.07, 6.45) is -0.129. The predicted molar refractivity (Wildman–Crippen MR) is 66.0 cm³/mol. The molecule has 0 radical (unpaired) electrons. The van der Waals surface area contributed by atoms with E-state index < -0.39 is 5.97 Å². The van der Waals surface area contributed by atoms with Crippen LogP contribution in [0.25, 0.3) is 11.0 Å². The second-order valence-electron chi connectivity index (χ2n) is 4.09. The highest BCUT2D eigenvalue weighted by Gasteiger charge is 2.15. The van der Waals surface area contributed by atoms with Gasteiger partial charge in [0, 0.05) is 7.11 Å². The third-order valence-corrected chi connectivity index (χ3v) is 2.88. The topological polar surface area (TPSA) is 84.3 Å². The Hall–Kier alpha value is -2.08. The van der Waals surface area contributed by atoms with Gasteiger partial charge in [0.2, 0.25) is 0 Å². The van der Waals surface area contributed by atoms with Gasteiger partial charge in [-0.2, -0.15) is 0 Å². The molecule has 2 aromatic rings. The van der Waals surface area contributed by atoms with Crippen LogP contribution in [0.2, 0.25) is 0 Å². The molecule has 0 saturated heterocycles. The van der Waals surface area contributed by atoms with Gasteiger partial charge in [0.05, 0.1) is 29.2 Å². The standard InChI is InChI=1S/C12H14N2O4/c1-7(18-2)6-14-9-5-3-4-8(11(15)16)10(9)13-12(14)17/h3-5,7H,6H2,1-2H3,(H,13,17)(H,15,16). The number of aromatic carboxylic acids is 1. The molecular weight excluding hydrogens is 236 g/mol. The van der Waals surface area contributed by atoms with Gasteiger partial charge in [0.15, 0.2) is 0 Å². The second-order valence-corrected chi connectivity index (χ2v) is 4.09. The van der Waals surface area contributed by atoms with Crippen LogP contribution < -0.4 is 5.69 Å². The van der Waals surface area contributed by atoms with E-state index in [4.69, 9.17) is 9.84 Å². The Morgan fingerprint density at radius 2 is 2.28 bits per heavy atom. The normalized spacial score (nSPS) is 12.8.